The summed E-state index contributed by atoms with van der Waals surface area (Å²) in [6.07, 6.45) is 4.42. The molecule has 0 aromatic carbocycles. The van der Waals surface area contributed by atoms with E-state index >= 15 is 0 Å². The Morgan fingerprint density at radius 1 is 1.44 bits per heavy atom. The quantitative estimate of drug-likeness (QED) is 0.795. The molecule has 4 nitrogen and oxygen atoms in total. The van der Waals surface area contributed by atoms with Crippen molar-refractivity contribution in [2.24, 2.45) is 0 Å². The molecule has 0 radical (unpaired) electrons. The van der Waals surface area contributed by atoms with Gasteiger partial charge in [-0.1, -0.05) is 13.8 Å². The average molecular weight is 220 g/mol. The number of rotatable bonds is 5. The van der Waals surface area contributed by atoms with Gasteiger partial charge in [-0.2, -0.15) is 0 Å². The van der Waals surface area contributed by atoms with Crippen LogP contribution in [0.15, 0.2) is 6.20 Å². The maximum atomic E-state index is 4.47. The van der Waals surface area contributed by atoms with Gasteiger partial charge in [0, 0.05) is 36.1 Å². The summed E-state index contributed by atoms with van der Waals surface area (Å²) in [4.78, 5) is 8.80. The van der Waals surface area contributed by atoms with Crippen molar-refractivity contribution < 1.29 is 0 Å². The highest BCUT2D eigenvalue weighted by Gasteiger charge is 2.21. The van der Waals surface area contributed by atoms with E-state index in [2.05, 4.69) is 34.4 Å². The van der Waals surface area contributed by atoms with E-state index in [-0.39, 0.29) is 0 Å². The monoisotopic (exact) mass is 220 g/mol. The van der Waals surface area contributed by atoms with Gasteiger partial charge < -0.3 is 10.6 Å². The summed E-state index contributed by atoms with van der Waals surface area (Å²) >= 11 is 0. The van der Waals surface area contributed by atoms with Crippen molar-refractivity contribution in [3.05, 3.63) is 17.5 Å². The summed E-state index contributed by atoms with van der Waals surface area (Å²) in [6.45, 7) is 7.16. The Morgan fingerprint density at radius 2 is 2.19 bits per heavy atom. The minimum atomic E-state index is 0.490. The fourth-order valence-electron chi connectivity index (χ4n) is 1.46. The van der Waals surface area contributed by atoms with E-state index < -0.39 is 0 Å². The number of hydrogen-bond donors (Lipinski definition) is 2. The van der Waals surface area contributed by atoms with E-state index in [0.29, 0.717) is 12.1 Å². The van der Waals surface area contributed by atoms with Crippen LogP contribution in [0.3, 0.4) is 0 Å². The molecular weight excluding hydrogens is 200 g/mol. The van der Waals surface area contributed by atoms with E-state index in [1.165, 1.54) is 18.4 Å². The third kappa shape index (κ3) is 3.17. The molecule has 1 aromatic heterocycles. The molecule has 1 aliphatic carbocycles. The number of aryl methyl sites for hydroxylation is 1. The van der Waals surface area contributed by atoms with E-state index in [1.54, 1.807) is 0 Å². The van der Waals surface area contributed by atoms with E-state index in [9.17, 15) is 0 Å². The standard InChI is InChI=1S/C12H20N4/c1-8(2)13-6-10-7-14-12(15-9(10)3)16-11-4-5-11/h7-8,11,13H,4-6H2,1-3H3,(H,14,15,16). The van der Waals surface area contributed by atoms with Crippen LogP contribution < -0.4 is 10.6 Å². The second-order valence-electron chi connectivity index (χ2n) is 4.76. The normalized spacial score (nSPS) is 15.5. The lowest BCUT2D eigenvalue weighted by Gasteiger charge is -2.10. The Balaban J connectivity index is 1.97. The predicted molar refractivity (Wildman–Crippen MR) is 65.4 cm³/mol. The lowest BCUT2D eigenvalue weighted by molar-refractivity contribution is 0.585. The largest absolute Gasteiger partial charge is 0.351 e. The number of nitrogens with zero attached hydrogens (tertiary/aromatic N) is 2. The second kappa shape index (κ2) is 4.78. The van der Waals surface area contributed by atoms with Gasteiger partial charge in [0.15, 0.2) is 0 Å². The molecule has 1 heterocycles. The molecule has 2 rings (SSSR count). The van der Waals surface area contributed by atoms with Crippen LogP contribution in [0.5, 0.6) is 0 Å². The van der Waals surface area contributed by atoms with E-state index in [0.717, 1.165) is 18.2 Å². The Labute approximate surface area is 96.9 Å². The van der Waals surface area contributed by atoms with Gasteiger partial charge in [0.05, 0.1) is 0 Å². The topological polar surface area (TPSA) is 49.8 Å². The first-order valence-electron chi connectivity index (χ1n) is 5.97. The van der Waals surface area contributed by atoms with Gasteiger partial charge in [0.2, 0.25) is 5.95 Å². The van der Waals surface area contributed by atoms with Gasteiger partial charge in [-0.25, -0.2) is 9.97 Å². The molecule has 0 amide bonds. The number of anilines is 1. The predicted octanol–water partition coefficient (Wildman–Crippen LogP) is 1.86. The highest BCUT2D eigenvalue weighted by Crippen LogP contribution is 2.22. The Morgan fingerprint density at radius 3 is 2.75 bits per heavy atom. The van der Waals surface area contributed by atoms with Gasteiger partial charge in [-0.05, 0) is 19.8 Å². The number of hydrogen-bond acceptors (Lipinski definition) is 4. The van der Waals surface area contributed by atoms with Crippen LogP contribution in [0.1, 0.15) is 37.9 Å². The fourth-order valence-corrected chi connectivity index (χ4v) is 1.46. The molecule has 4 heteroatoms. The van der Waals surface area contributed by atoms with E-state index in [4.69, 9.17) is 0 Å². The third-order valence-electron chi connectivity index (χ3n) is 2.69. The van der Waals surface area contributed by atoms with Crippen molar-refractivity contribution in [1.82, 2.24) is 15.3 Å². The molecule has 1 aliphatic rings. The molecule has 2 N–H and O–H groups in total. The maximum Gasteiger partial charge on any atom is 0.223 e. The van der Waals surface area contributed by atoms with Crippen LogP contribution in [0.4, 0.5) is 5.95 Å². The van der Waals surface area contributed by atoms with Crippen LogP contribution in [0, 0.1) is 6.92 Å². The zero-order valence-electron chi connectivity index (χ0n) is 10.2. The van der Waals surface area contributed by atoms with Crippen LogP contribution in [0.25, 0.3) is 0 Å². The molecule has 0 bridgehead atoms. The van der Waals surface area contributed by atoms with Crippen molar-refractivity contribution in [2.75, 3.05) is 5.32 Å². The van der Waals surface area contributed by atoms with Gasteiger partial charge in [0.25, 0.3) is 0 Å². The highest BCUT2D eigenvalue weighted by molar-refractivity contribution is 5.31. The Kier molecular flexibility index (Phi) is 3.39. The average Bonchev–Trinajstić information content (AvgIpc) is 3.00. The fraction of sp³-hybridized carbons (Fsp3) is 0.667. The third-order valence-corrected chi connectivity index (χ3v) is 2.69. The summed E-state index contributed by atoms with van der Waals surface area (Å²) in [5.41, 5.74) is 2.24. The highest BCUT2D eigenvalue weighted by atomic mass is 15.1. The van der Waals surface area contributed by atoms with Gasteiger partial charge in [-0.15, -0.1) is 0 Å². The van der Waals surface area contributed by atoms with Crippen LogP contribution >= 0.6 is 0 Å². The Hall–Kier alpha value is -1.16. The van der Waals surface area contributed by atoms with Crippen molar-refractivity contribution in [3.63, 3.8) is 0 Å². The van der Waals surface area contributed by atoms with Gasteiger partial charge in [-0.3, -0.25) is 0 Å². The second-order valence-corrected chi connectivity index (χ2v) is 4.76. The summed E-state index contributed by atoms with van der Waals surface area (Å²) < 4.78 is 0. The Bertz CT molecular complexity index is 358. The molecule has 16 heavy (non-hydrogen) atoms. The summed E-state index contributed by atoms with van der Waals surface area (Å²) in [7, 11) is 0. The van der Waals surface area contributed by atoms with Gasteiger partial charge >= 0.3 is 0 Å². The minimum Gasteiger partial charge on any atom is -0.351 e. The smallest absolute Gasteiger partial charge is 0.223 e. The van der Waals surface area contributed by atoms with Crippen LogP contribution in [-0.2, 0) is 6.54 Å². The maximum absolute atomic E-state index is 4.47. The van der Waals surface area contributed by atoms with Crippen molar-refractivity contribution in [3.8, 4) is 0 Å². The summed E-state index contributed by atoms with van der Waals surface area (Å²) in [5, 5.41) is 6.68. The van der Waals surface area contributed by atoms with Crippen LogP contribution in [0.2, 0.25) is 0 Å². The first-order chi connectivity index (χ1) is 7.65. The van der Waals surface area contributed by atoms with Crippen molar-refractivity contribution >= 4 is 5.95 Å². The first-order valence-corrected chi connectivity index (χ1v) is 5.97. The van der Waals surface area contributed by atoms with Gasteiger partial charge in [0.1, 0.15) is 0 Å². The molecule has 0 atom stereocenters. The molecule has 0 saturated heterocycles. The zero-order chi connectivity index (χ0) is 11.5. The SMILES string of the molecule is Cc1nc(NC2CC2)ncc1CNC(C)C. The zero-order valence-corrected chi connectivity index (χ0v) is 10.2. The van der Waals surface area contributed by atoms with Crippen molar-refractivity contribution in [1.29, 1.82) is 0 Å². The molecule has 1 fully saturated rings. The molecule has 0 unspecified atom stereocenters. The summed E-state index contributed by atoms with van der Waals surface area (Å²) in [6, 6.07) is 1.10. The summed E-state index contributed by atoms with van der Waals surface area (Å²) in [5.74, 6) is 0.772. The number of aromatic nitrogens is 2. The minimum absolute atomic E-state index is 0.490. The molecule has 88 valence electrons. The molecule has 1 aromatic rings. The lowest BCUT2D eigenvalue weighted by Crippen LogP contribution is -2.22. The van der Waals surface area contributed by atoms with Crippen molar-refractivity contribution in [2.45, 2.75) is 52.2 Å². The molecular formula is C12H20N4. The number of nitrogens with one attached hydrogen (secondary N) is 2. The molecule has 1 saturated carbocycles. The molecule has 0 aliphatic heterocycles. The first kappa shape index (κ1) is 11.3. The lowest BCUT2D eigenvalue weighted by atomic mass is 10.2. The molecule has 0 spiro atoms. The van der Waals surface area contributed by atoms with Crippen LogP contribution in [-0.4, -0.2) is 22.1 Å². The van der Waals surface area contributed by atoms with E-state index in [1.807, 2.05) is 13.1 Å².